The Morgan fingerprint density at radius 2 is 2.03 bits per heavy atom. The fraction of sp³-hybridized carbons (Fsp3) is 0.478. The van der Waals surface area contributed by atoms with Gasteiger partial charge in [-0.1, -0.05) is 0 Å². The molecule has 3 aromatic rings. The maximum atomic E-state index is 13.2. The van der Waals surface area contributed by atoms with Crippen molar-refractivity contribution in [1.29, 1.82) is 0 Å². The van der Waals surface area contributed by atoms with E-state index in [1.165, 1.54) is 0 Å². The molecular formula is C23H30N6O3. The summed E-state index contributed by atoms with van der Waals surface area (Å²) in [5.74, 6) is 0.372. The van der Waals surface area contributed by atoms with Crippen molar-refractivity contribution in [2.24, 2.45) is 0 Å². The van der Waals surface area contributed by atoms with E-state index in [1.807, 2.05) is 38.4 Å². The second-order valence-corrected chi connectivity index (χ2v) is 8.63. The van der Waals surface area contributed by atoms with Crippen molar-refractivity contribution in [3.8, 4) is 0 Å². The normalized spacial score (nSPS) is 14.8. The number of H-pyrrole nitrogens is 1. The molecule has 9 heteroatoms. The highest BCUT2D eigenvalue weighted by Gasteiger charge is 2.20. The maximum Gasteiger partial charge on any atom is 0.253 e. The maximum absolute atomic E-state index is 13.2. The van der Waals surface area contributed by atoms with Crippen LogP contribution < -0.4 is 16.2 Å². The van der Waals surface area contributed by atoms with Gasteiger partial charge in [0.15, 0.2) is 5.65 Å². The zero-order valence-corrected chi connectivity index (χ0v) is 19.0. The first kappa shape index (κ1) is 22.0. The fourth-order valence-corrected chi connectivity index (χ4v) is 4.07. The number of aromatic amines is 1. The monoisotopic (exact) mass is 438 g/mol. The molecule has 0 unspecified atom stereocenters. The van der Waals surface area contributed by atoms with E-state index in [1.54, 1.807) is 12.3 Å². The van der Waals surface area contributed by atoms with Gasteiger partial charge in [-0.15, -0.1) is 0 Å². The van der Waals surface area contributed by atoms with Gasteiger partial charge in [0, 0.05) is 43.1 Å². The minimum Gasteiger partial charge on any atom is -0.381 e. The molecule has 0 aromatic carbocycles. The van der Waals surface area contributed by atoms with Crippen molar-refractivity contribution in [2.45, 2.75) is 59.2 Å². The summed E-state index contributed by atoms with van der Waals surface area (Å²) < 4.78 is 7.26. The summed E-state index contributed by atoms with van der Waals surface area (Å²) in [5.41, 5.74) is 3.15. The Balaban J connectivity index is 1.65. The van der Waals surface area contributed by atoms with Crippen LogP contribution in [-0.2, 0) is 11.3 Å². The lowest BCUT2D eigenvalue weighted by atomic mass is 10.1. The number of hydrogen-bond acceptors (Lipinski definition) is 6. The quantitative estimate of drug-likeness (QED) is 0.545. The predicted molar refractivity (Wildman–Crippen MR) is 123 cm³/mol. The van der Waals surface area contributed by atoms with Crippen LogP contribution in [-0.4, -0.2) is 44.9 Å². The number of anilines is 1. The highest BCUT2D eigenvalue weighted by atomic mass is 16.5. The SMILES string of the molecule is Cc1cc(C)c(CNC(=O)c2cc(NC3CCOCC3)nc3c2cnn3C(C)C)c(=O)[nH]1. The largest absolute Gasteiger partial charge is 0.381 e. The molecule has 170 valence electrons. The lowest BCUT2D eigenvalue weighted by Gasteiger charge is -2.24. The van der Waals surface area contributed by atoms with E-state index >= 15 is 0 Å². The minimum absolute atomic E-state index is 0.100. The molecule has 0 bridgehead atoms. The molecular weight excluding hydrogens is 408 g/mol. The molecule has 0 spiro atoms. The summed E-state index contributed by atoms with van der Waals surface area (Å²) in [6.45, 7) is 9.33. The van der Waals surface area contributed by atoms with E-state index in [9.17, 15) is 9.59 Å². The Hall–Kier alpha value is -3.20. The number of rotatable bonds is 6. The van der Waals surface area contributed by atoms with Crippen LogP contribution in [0.5, 0.6) is 0 Å². The van der Waals surface area contributed by atoms with Crippen molar-refractivity contribution in [1.82, 2.24) is 25.1 Å². The predicted octanol–water partition coefficient (Wildman–Crippen LogP) is 2.84. The van der Waals surface area contributed by atoms with Crippen molar-refractivity contribution in [3.63, 3.8) is 0 Å². The van der Waals surface area contributed by atoms with Crippen LogP contribution in [0.2, 0.25) is 0 Å². The highest BCUT2D eigenvalue weighted by Crippen LogP contribution is 2.24. The molecule has 0 aliphatic carbocycles. The molecule has 1 saturated heterocycles. The summed E-state index contributed by atoms with van der Waals surface area (Å²) in [4.78, 5) is 33.1. The van der Waals surface area contributed by atoms with Crippen LogP contribution in [0.1, 0.15) is 59.9 Å². The minimum atomic E-state index is -0.268. The summed E-state index contributed by atoms with van der Waals surface area (Å²) in [6.07, 6.45) is 3.46. The van der Waals surface area contributed by atoms with E-state index in [-0.39, 0.29) is 30.1 Å². The Labute approximate surface area is 186 Å². The van der Waals surface area contributed by atoms with Crippen molar-refractivity contribution in [3.05, 3.63) is 51.1 Å². The summed E-state index contributed by atoms with van der Waals surface area (Å²) in [5, 5.41) is 11.5. The molecule has 1 fully saturated rings. The number of carbonyl (C=O) groups excluding carboxylic acids is 1. The molecule has 1 aliphatic heterocycles. The molecule has 3 N–H and O–H groups in total. The molecule has 4 heterocycles. The first-order valence-electron chi connectivity index (χ1n) is 11.0. The third-order valence-corrected chi connectivity index (χ3v) is 5.79. The lowest BCUT2D eigenvalue weighted by Crippen LogP contribution is -2.29. The average molecular weight is 439 g/mol. The van der Waals surface area contributed by atoms with E-state index < -0.39 is 0 Å². The van der Waals surface area contributed by atoms with Gasteiger partial charge in [-0.2, -0.15) is 5.10 Å². The third kappa shape index (κ3) is 4.52. The van der Waals surface area contributed by atoms with Gasteiger partial charge in [0.25, 0.3) is 11.5 Å². The van der Waals surface area contributed by atoms with Gasteiger partial charge in [-0.25, -0.2) is 9.67 Å². The Morgan fingerprint density at radius 3 is 2.72 bits per heavy atom. The van der Waals surface area contributed by atoms with Gasteiger partial charge in [-0.05, 0) is 58.2 Å². The number of pyridine rings is 2. The van der Waals surface area contributed by atoms with Crippen molar-refractivity contribution >= 4 is 22.8 Å². The number of carbonyl (C=O) groups is 1. The van der Waals surface area contributed by atoms with Crippen LogP contribution in [0.4, 0.5) is 5.82 Å². The van der Waals surface area contributed by atoms with E-state index in [0.29, 0.717) is 41.2 Å². The van der Waals surface area contributed by atoms with Gasteiger partial charge in [0.05, 0.1) is 17.1 Å². The number of hydrogen-bond donors (Lipinski definition) is 3. The first-order valence-corrected chi connectivity index (χ1v) is 11.0. The van der Waals surface area contributed by atoms with E-state index in [2.05, 4.69) is 20.7 Å². The van der Waals surface area contributed by atoms with Crippen LogP contribution in [0, 0.1) is 13.8 Å². The standard InChI is InChI=1S/C23H30N6O3/c1-13(2)29-21-19(12-25-29)17(10-20(28-21)27-16-5-7-32-8-6-16)22(30)24-11-18-14(3)9-15(4)26-23(18)31/h9-10,12-13,16H,5-8,11H2,1-4H3,(H,24,30)(H,26,31)(H,27,28). The third-order valence-electron chi connectivity index (χ3n) is 5.79. The zero-order chi connectivity index (χ0) is 22.8. The molecule has 9 nitrogen and oxygen atoms in total. The molecule has 0 atom stereocenters. The molecule has 32 heavy (non-hydrogen) atoms. The first-order chi connectivity index (χ1) is 15.3. The van der Waals surface area contributed by atoms with Gasteiger partial charge < -0.3 is 20.4 Å². The lowest BCUT2D eigenvalue weighted by molar-refractivity contribution is 0.0903. The van der Waals surface area contributed by atoms with Gasteiger partial charge in [-0.3, -0.25) is 9.59 Å². The number of aryl methyl sites for hydroxylation is 2. The Bertz CT molecular complexity index is 1190. The Morgan fingerprint density at radius 1 is 1.28 bits per heavy atom. The number of ether oxygens (including phenoxy) is 1. The molecule has 0 radical (unpaired) electrons. The van der Waals surface area contributed by atoms with Crippen LogP contribution in [0.25, 0.3) is 11.0 Å². The highest BCUT2D eigenvalue weighted by molar-refractivity contribution is 6.06. The van der Waals surface area contributed by atoms with Crippen LogP contribution in [0.3, 0.4) is 0 Å². The zero-order valence-electron chi connectivity index (χ0n) is 19.0. The average Bonchev–Trinajstić information content (AvgIpc) is 3.17. The van der Waals surface area contributed by atoms with E-state index in [4.69, 9.17) is 9.72 Å². The smallest absolute Gasteiger partial charge is 0.253 e. The van der Waals surface area contributed by atoms with Gasteiger partial charge >= 0.3 is 0 Å². The Kier molecular flexibility index (Phi) is 6.27. The second-order valence-electron chi connectivity index (χ2n) is 8.63. The number of fused-ring (bicyclic) bond motifs is 1. The molecule has 1 amide bonds. The topological polar surface area (TPSA) is 114 Å². The van der Waals surface area contributed by atoms with Crippen molar-refractivity contribution in [2.75, 3.05) is 18.5 Å². The number of aromatic nitrogens is 4. The summed E-state index contributed by atoms with van der Waals surface area (Å²) >= 11 is 0. The second kappa shape index (κ2) is 9.12. The number of nitrogens with one attached hydrogen (secondary N) is 3. The number of amides is 1. The summed E-state index contributed by atoms with van der Waals surface area (Å²) in [6, 6.07) is 4.01. The number of nitrogens with zero attached hydrogens (tertiary/aromatic N) is 3. The van der Waals surface area contributed by atoms with E-state index in [0.717, 1.165) is 24.1 Å². The molecule has 0 saturated carbocycles. The van der Waals surface area contributed by atoms with Crippen molar-refractivity contribution < 1.29 is 9.53 Å². The molecule has 4 rings (SSSR count). The molecule has 1 aliphatic rings. The van der Waals surface area contributed by atoms with Gasteiger partial charge in [0.2, 0.25) is 0 Å². The summed E-state index contributed by atoms with van der Waals surface area (Å²) in [7, 11) is 0. The van der Waals surface area contributed by atoms with Crippen LogP contribution >= 0.6 is 0 Å². The van der Waals surface area contributed by atoms with Crippen LogP contribution in [0.15, 0.2) is 23.1 Å². The fourth-order valence-electron chi connectivity index (χ4n) is 4.07. The van der Waals surface area contributed by atoms with Gasteiger partial charge in [0.1, 0.15) is 5.82 Å². The molecule has 3 aromatic heterocycles.